The molecule has 6 rings (SSSR count). The molecule has 0 radical (unpaired) electrons. The van der Waals surface area contributed by atoms with Crippen LogP contribution in [0.5, 0.6) is 0 Å². The molecular formula is C30H30N9O7S3+. The van der Waals surface area contributed by atoms with Gasteiger partial charge in [0, 0.05) is 44.8 Å². The zero-order chi connectivity index (χ0) is 35.2. The number of carboxylic acids is 2. The number of thiazole rings is 1. The van der Waals surface area contributed by atoms with Crippen LogP contribution in [0.15, 0.2) is 64.0 Å². The SMILES string of the molecule is CC(C)(O/N=C(\C(=O)N[C@@H]1C(=O)N2C(C(=O)O)=C(C[n+]3ccc4c(ccn4Cc4cc(C(=N)N)cs4)c3)CS[C@H]12)c1csc(N)n1)C(=O)O. The maximum atomic E-state index is 13.4. The standard InChI is InChI=1S/C30H29N9O7S3/c1-30(2,28(44)45)46-36-20(18-13-49-29(33)34-18)24(40)35-21-25(41)39-22(27(42)43)16(12-48-26(21)39)9-37-5-4-19-14(8-37)3-6-38(19)10-17-7-15(11-47-17)23(31)32/h3-8,11,13,21,26H,9-10,12H2,1-2H3,(H7-,31,32,33,34,35,40,42,43,44,45)/p+1/b36-20-/t21-,26-/m1/s1. The molecule has 0 bridgehead atoms. The Kier molecular flexibility index (Phi) is 8.90. The fourth-order valence-electron chi connectivity index (χ4n) is 5.23. The zero-order valence-electron chi connectivity index (χ0n) is 25.9. The number of nitrogens with zero attached hydrogens (tertiary/aromatic N) is 5. The molecule has 4 aromatic rings. The zero-order valence-corrected chi connectivity index (χ0v) is 28.4. The van der Waals surface area contributed by atoms with Gasteiger partial charge in [-0.15, -0.1) is 34.4 Å². The molecule has 6 heterocycles. The number of aliphatic carboxylic acids is 2. The molecule has 0 aliphatic carbocycles. The number of nitrogens with two attached hydrogens (primary N) is 2. The van der Waals surface area contributed by atoms with Crippen molar-refractivity contribution in [2.45, 2.75) is 44.0 Å². The van der Waals surface area contributed by atoms with Crippen molar-refractivity contribution in [1.82, 2.24) is 19.8 Å². The van der Waals surface area contributed by atoms with E-state index < -0.39 is 40.8 Å². The smallest absolute Gasteiger partial charge is 0.352 e. The summed E-state index contributed by atoms with van der Waals surface area (Å²) in [5, 5.41) is 37.2. The molecule has 4 aromatic heterocycles. The Morgan fingerprint density at radius 3 is 2.67 bits per heavy atom. The number of fused-ring (bicyclic) bond motifs is 2. The van der Waals surface area contributed by atoms with Gasteiger partial charge in [0.25, 0.3) is 11.8 Å². The van der Waals surface area contributed by atoms with Crippen molar-refractivity contribution in [2.24, 2.45) is 10.9 Å². The molecule has 0 unspecified atom stereocenters. The predicted octanol–water partition coefficient (Wildman–Crippen LogP) is 1.38. The third-order valence-corrected chi connectivity index (χ3v) is 10.8. The molecule has 0 spiro atoms. The summed E-state index contributed by atoms with van der Waals surface area (Å²) in [6.07, 6.45) is 5.71. The molecule has 49 heavy (non-hydrogen) atoms. The molecule has 16 nitrogen and oxygen atoms in total. The van der Waals surface area contributed by atoms with E-state index in [-0.39, 0.29) is 40.4 Å². The van der Waals surface area contributed by atoms with E-state index in [2.05, 4.69) is 20.0 Å². The van der Waals surface area contributed by atoms with Crippen LogP contribution in [-0.2, 0) is 37.1 Å². The first-order chi connectivity index (χ1) is 23.2. The first-order valence-corrected chi connectivity index (χ1v) is 17.4. The van der Waals surface area contributed by atoms with Gasteiger partial charge in [-0.05, 0) is 26.0 Å². The number of carbonyl (C=O) groups excluding carboxylic acids is 2. The summed E-state index contributed by atoms with van der Waals surface area (Å²) in [7, 11) is 0. The van der Waals surface area contributed by atoms with Crippen LogP contribution >= 0.6 is 34.4 Å². The summed E-state index contributed by atoms with van der Waals surface area (Å²) < 4.78 is 3.93. The molecule has 19 heteroatoms. The third kappa shape index (κ3) is 6.59. The average molecular weight is 725 g/mol. The number of thiophene rings is 1. The van der Waals surface area contributed by atoms with Gasteiger partial charge in [-0.25, -0.2) is 19.1 Å². The van der Waals surface area contributed by atoms with Crippen LogP contribution in [0, 0.1) is 5.41 Å². The van der Waals surface area contributed by atoms with Crippen molar-refractivity contribution in [3.05, 3.63) is 75.0 Å². The van der Waals surface area contributed by atoms with E-state index >= 15 is 0 Å². The van der Waals surface area contributed by atoms with Gasteiger partial charge >= 0.3 is 11.9 Å². The number of β-lactam (4-membered cyclic amide) rings is 1. The first kappa shape index (κ1) is 33.6. The number of rotatable bonds is 12. The minimum atomic E-state index is -1.77. The van der Waals surface area contributed by atoms with E-state index in [4.69, 9.17) is 21.7 Å². The van der Waals surface area contributed by atoms with Crippen LogP contribution in [0.3, 0.4) is 0 Å². The lowest BCUT2D eigenvalue weighted by molar-refractivity contribution is -0.687. The summed E-state index contributed by atoms with van der Waals surface area (Å²) in [4.78, 5) is 62.1. The lowest BCUT2D eigenvalue weighted by atomic mass is 10.0. The molecule has 0 aromatic carbocycles. The molecule has 2 aliphatic rings. The van der Waals surface area contributed by atoms with Crippen LogP contribution in [0.25, 0.3) is 10.9 Å². The number of aromatic nitrogens is 3. The van der Waals surface area contributed by atoms with Crippen molar-refractivity contribution in [1.29, 1.82) is 5.41 Å². The third-order valence-electron chi connectivity index (χ3n) is 7.83. The van der Waals surface area contributed by atoms with Crippen LogP contribution in [-0.4, -0.2) is 82.7 Å². The van der Waals surface area contributed by atoms with Gasteiger partial charge in [-0.2, -0.15) is 0 Å². The number of thioether (sulfide) groups is 1. The summed E-state index contributed by atoms with van der Waals surface area (Å²) >= 11 is 3.86. The molecule has 2 atom stereocenters. The Morgan fingerprint density at radius 1 is 1.24 bits per heavy atom. The first-order valence-electron chi connectivity index (χ1n) is 14.5. The number of hydrogen-bond donors (Lipinski definition) is 6. The number of carbonyl (C=O) groups is 4. The maximum absolute atomic E-state index is 13.4. The highest BCUT2D eigenvalue weighted by Crippen LogP contribution is 2.40. The number of anilines is 1. The minimum absolute atomic E-state index is 0.0208. The Bertz CT molecular complexity index is 2100. The van der Waals surface area contributed by atoms with Crippen LogP contribution in [0.4, 0.5) is 5.13 Å². The predicted molar refractivity (Wildman–Crippen MR) is 182 cm³/mol. The maximum Gasteiger partial charge on any atom is 0.352 e. The number of hydrogen-bond acceptors (Lipinski definition) is 12. The molecule has 2 amide bonds. The average Bonchev–Trinajstić information content (AvgIpc) is 3.80. The lowest BCUT2D eigenvalue weighted by Gasteiger charge is -2.49. The Morgan fingerprint density at radius 2 is 2.02 bits per heavy atom. The summed E-state index contributed by atoms with van der Waals surface area (Å²) in [6.45, 7) is 3.32. The van der Waals surface area contributed by atoms with E-state index in [1.54, 1.807) is 0 Å². The fourth-order valence-corrected chi connectivity index (χ4v) is 8.00. The Balaban J connectivity index is 1.18. The van der Waals surface area contributed by atoms with Gasteiger partial charge in [0.2, 0.25) is 5.60 Å². The van der Waals surface area contributed by atoms with E-state index in [0.29, 0.717) is 17.7 Å². The van der Waals surface area contributed by atoms with Gasteiger partial charge < -0.3 is 36.4 Å². The second kappa shape index (κ2) is 13.0. The molecule has 1 fully saturated rings. The van der Waals surface area contributed by atoms with Gasteiger partial charge in [0.05, 0.1) is 17.4 Å². The number of amidine groups is 1. The summed E-state index contributed by atoms with van der Waals surface area (Å²) in [5.41, 5.74) is 11.2. The van der Waals surface area contributed by atoms with E-state index in [1.165, 1.54) is 47.2 Å². The monoisotopic (exact) mass is 724 g/mol. The highest BCUT2D eigenvalue weighted by Gasteiger charge is 2.55. The van der Waals surface area contributed by atoms with Gasteiger partial charge in [0.15, 0.2) is 29.8 Å². The fraction of sp³-hybridized carbons (Fsp3) is 0.267. The quantitative estimate of drug-likeness (QED) is 0.0401. The molecular weight excluding hydrogens is 695 g/mol. The Labute approximate surface area is 290 Å². The minimum Gasteiger partial charge on any atom is -0.478 e. The van der Waals surface area contributed by atoms with E-state index in [9.17, 15) is 29.4 Å². The van der Waals surface area contributed by atoms with Crippen molar-refractivity contribution in [3.8, 4) is 0 Å². The molecule has 1 saturated heterocycles. The van der Waals surface area contributed by atoms with Gasteiger partial charge in [-0.3, -0.25) is 19.9 Å². The van der Waals surface area contributed by atoms with Crippen LogP contribution in [0.2, 0.25) is 0 Å². The van der Waals surface area contributed by atoms with E-state index in [0.717, 1.165) is 27.1 Å². The number of amides is 2. The van der Waals surface area contributed by atoms with Crippen LogP contribution in [0.1, 0.15) is 30.0 Å². The van der Waals surface area contributed by atoms with Crippen LogP contribution < -0.4 is 21.4 Å². The topological polar surface area (TPSA) is 243 Å². The number of nitrogen functional groups attached to an aromatic ring is 2. The number of oxime groups is 1. The van der Waals surface area contributed by atoms with Crippen molar-refractivity contribution in [2.75, 3.05) is 11.5 Å². The van der Waals surface area contributed by atoms with Crippen molar-refractivity contribution in [3.63, 3.8) is 0 Å². The summed E-state index contributed by atoms with van der Waals surface area (Å²) in [6, 6.07) is 4.71. The molecule has 2 aliphatic heterocycles. The number of nitrogens with one attached hydrogen (secondary N) is 2. The van der Waals surface area contributed by atoms with Crippen molar-refractivity contribution < 1.29 is 38.8 Å². The normalized spacial score (nSPS) is 17.9. The summed E-state index contributed by atoms with van der Waals surface area (Å²) in [5.74, 6) is -3.78. The second-order valence-corrected chi connectivity index (χ2v) is 14.6. The number of pyridine rings is 1. The Hall–Kier alpha value is -5.27. The van der Waals surface area contributed by atoms with Gasteiger partial charge in [0.1, 0.15) is 28.6 Å². The van der Waals surface area contributed by atoms with Gasteiger partial charge in [-0.1, -0.05) is 5.16 Å². The second-order valence-electron chi connectivity index (χ2n) is 11.7. The largest absolute Gasteiger partial charge is 0.478 e. The molecule has 254 valence electrons. The molecule has 8 N–H and O–H groups in total. The molecule has 0 saturated carbocycles. The van der Waals surface area contributed by atoms with E-state index in [1.807, 2.05) is 46.7 Å². The highest BCUT2D eigenvalue weighted by molar-refractivity contribution is 8.00. The lowest BCUT2D eigenvalue weighted by Crippen LogP contribution is -2.71. The number of carboxylic acid groups (broad SMARTS) is 2. The highest BCUT2D eigenvalue weighted by atomic mass is 32.2. The van der Waals surface area contributed by atoms with Crippen molar-refractivity contribution >= 4 is 85.8 Å².